The van der Waals surface area contributed by atoms with Crippen LogP contribution < -0.4 is 5.73 Å². The van der Waals surface area contributed by atoms with Gasteiger partial charge in [-0.2, -0.15) is 0 Å². The van der Waals surface area contributed by atoms with Gasteiger partial charge in [-0.15, -0.1) is 0 Å². The van der Waals surface area contributed by atoms with E-state index in [1.165, 1.54) is 5.56 Å². The van der Waals surface area contributed by atoms with Crippen molar-refractivity contribution < 1.29 is 0 Å². The Morgan fingerprint density at radius 3 is 2.92 bits per heavy atom. The normalized spacial score (nSPS) is 10.8. The van der Waals surface area contributed by atoms with Crippen molar-refractivity contribution in [2.24, 2.45) is 7.05 Å². The van der Waals surface area contributed by atoms with Gasteiger partial charge in [0.05, 0.1) is 11.0 Å². The Hall–Kier alpha value is -1.51. The highest BCUT2D eigenvalue weighted by Gasteiger charge is 2.03. The molecule has 0 bridgehead atoms. The quantitative estimate of drug-likeness (QED) is 0.635. The fraction of sp³-hybridized carbons (Fsp3) is 0.222. The molecule has 2 aromatic rings. The van der Waals surface area contributed by atoms with Crippen LogP contribution in [-0.2, 0) is 7.05 Å². The summed E-state index contributed by atoms with van der Waals surface area (Å²) >= 11 is 0. The third-order valence-electron chi connectivity index (χ3n) is 2.04. The molecule has 0 amide bonds. The van der Waals surface area contributed by atoms with E-state index in [2.05, 4.69) is 15.7 Å². The number of anilines is 1. The largest absolute Gasteiger partial charge is 0.384 e. The summed E-state index contributed by atoms with van der Waals surface area (Å²) in [5.74, 6) is 0.580. The maximum atomic E-state index is 5.58. The Bertz CT molecular complexity index is 429. The summed E-state index contributed by atoms with van der Waals surface area (Å²) in [7, 11) is 2.01. The van der Waals surface area contributed by atoms with Gasteiger partial charge in [0.1, 0.15) is 5.82 Å². The summed E-state index contributed by atoms with van der Waals surface area (Å²) in [4.78, 5) is 4.25. The van der Waals surface area contributed by atoms with Gasteiger partial charge in [0.2, 0.25) is 0 Å². The lowest BCUT2D eigenvalue weighted by atomic mass is 10.3. The SMILES string of the molecule is Cc1cn(C)c2ccc(N)nc12. The van der Waals surface area contributed by atoms with Gasteiger partial charge < -0.3 is 10.3 Å². The topological polar surface area (TPSA) is 43.8 Å². The molecule has 0 atom stereocenters. The van der Waals surface area contributed by atoms with E-state index in [-0.39, 0.29) is 0 Å². The molecule has 3 nitrogen and oxygen atoms in total. The van der Waals surface area contributed by atoms with Crippen LogP contribution in [-0.4, -0.2) is 9.55 Å². The molecule has 0 saturated carbocycles. The minimum absolute atomic E-state index is 0.580. The van der Waals surface area contributed by atoms with Gasteiger partial charge in [0.15, 0.2) is 0 Å². The first-order valence-electron chi connectivity index (χ1n) is 3.86. The highest BCUT2D eigenvalue weighted by atomic mass is 15.0. The molecular weight excluding hydrogens is 150 g/mol. The van der Waals surface area contributed by atoms with Crippen LogP contribution in [0.5, 0.6) is 0 Å². The Balaban J connectivity index is 2.90. The van der Waals surface area contributed by atoms with E-state index in [1.807, 2.05) is 26.1 Å². The molecule has 12 heavy (non-hydrogen) atoms. The molecule has 62 valence electrons. The number of aryl methyl sites for hydroxylation is 2. The lowest BCUT2D eigenvalue weighted by Crippen LogP contribution is -1.90. The summed E-state index contributed by atoms with van der Waals surface area (Å²) in [6.07, 6.45) is 2.05. The van der Waals surface area contributed by atoms with Gasteiger partial charge >= 0.3 is 0 Å². The fourth-order valence-corrected chi connectivity index (χ4v) is 1.46. The van der Waals surface area contributed by atoms with E-state index in [1.54, 1.807) is 0 Å². The van der Waals surface area contributed by atoms with Gasteiger partial charge in [-0.05, 0) is 24.6 Å². The molecule has 0 radical (unpaired) electrons. The molecule has 0 aliphatic rings. The van der Waals surface area contributed by atoms with Crippen LogP contribution in [0, 0.1) is 6.92 Å². The minimum atomic E-state index is 0.580. The molecule has 0 aliphatic carbocycles. The van der Waals surface area contributed by atoms with Gasteiger partial charge in [-0.25, -0.2) is 4.98 Å². The van der Waals surface area contributed by atoms with Crippen molar-refractivity contribution in [2.75, 3.05) is 5.73 Å². The van der Waals surface area contributed by atoms with E-state index in [0.717, 1.165) is 11.0 Å². The second-order valence-electron chi connectivity index (χ2n) is 3.03. The van der Waals surface area contributed by atoms with Gasteiger partial charge in [-0.3, -0.25) is 0 Å². The maximum Gasteiger partial charge on any atom is 0.124 e. The van der Waals surface area contributed by atoms with Crippen molar-refractivity contribution in [1.82, 2.24) is 9.55 Å². The minimum Gasteiger partial charge on any atom is -0.384 e. The number of pyridine rings is 1. The molecular formula is C9H11N3. The third-order valence-corrected chi connectivity index (χ3v) is 2.04. The van der Waals surface area contributed by atoms with Crippen LogP contribution in [0.4, 0.5) is 5.82 Å². The highest BCUT2D eigenvalue weighted by molar-refractivity contribution is 5.80. The van der Waals surface area contributed by atoms with Gasteiger partial charge in [-0.1, -0.05) is 0 Å². The number of aromatic nitrogens is 2. The van der Waals surface area contributed by atoms with E-state index in [9.17, 15) is 0 Å². The fourth-order valence-electron chi connectivity index (χ4n) is 1.46. The molecule has 2 aromatic heterocycles. The first-order chi connectivity index (χ1) is 5.68. The van der Waals surface area contributed by atoms with E-state index < -0.39 is 0 Å². The number of fused-ring (bicyclic) bond motifs is 1. The Labute approximate surface area is 70.8 Å². The van der Waals surface area contributed by atoms with Crippen LogP contribution in [0.25, 0.3) is 11.0 Å². The van der Waals surface area contributed by atoms with Gasteiger partial charge in [0, 0.05) is 13.2 Å². The average molecular weight is 161 g/mol. The summed E-state index contributed by atoms with van der Waals surface area (Å²) in [5, 5.41) is 0. The molecule has 0 fully saturated rings. The molecule has 2 rings (SSSR count). The van der Waals surface area contributed by atoms with E-state index >= 15 is 0 Å². The summed E-state index contributed by atoms with van der Waals surface area (Å²) in [6.45, 7) is 2.04. The Morgan fingerprint density at radius 2 is 2.17 bits per heavy atom. The zero-order chi connectivity index (χ0) is 8.72. The van der Waals surface area contributed by atoms with Crippen LogP contribution in [0.2, 0.25) is 0 Å². The third kappa shape index (κ3) is 0.863. The number of nitrogens with two attached hydrogens (primary N) is 1. The molecule has 0 spiro atoms. The van der Waals surface area contributed by atoms with Crippen molar-refractivity contribution in [3.05, 3.63) is 23.9 Å². The molecule has 2 heterocycles. The number of hydrogen-bond acceptors (Lipinski definition) is 2. The molecule has 3 heteroatoms. The number of nitrogen functional groups attached to an aromatic ring is 1. The second kappa shape index (κ2) is 2.24. The van der Waals surface area contributed by atoms with E-state index in [0.29, 0.717) is 5.82 Å². The Kier molecular flexibility index (Phi) is 1.33. The summed E-state index contributed by atoms with van der Waals surface area (Å²) in [5.41, 5.74) is 8.87. The molecule has 0 aromatic carbocycles. The van der Waals surface area contributed by atoms with Gasteiger partial charge in [0.25, 0.3) is 0 Å². The molecule has 0 unspecified atom stereocenters. The monoisotopic (exact) mass is 161 g/mol. The first kappa shape index (κ1) is 7.16. The lowest BCUT2D eigenvalue weighted by Gasteiger charge is -1.95. The predicted molar refractivity (Wildman–Crippen MR) is 49.9 cm³/mol. The summed E-state index contributed by atoms with van der Waals surface area (Å²) < 4.78 is 2.05. The van der Waals surface area contributed by atoms with Crippen LogP contribution in [0.3, 0.4) is 0 Å². The van der Waals surface area contributed by atoms with E-state index in [4.69, 9.17) is 5.73 Å². The van der Waals surface area contributed by atoms with Crippen molar-refractivity contribution >= 4 is 16.9 Å². The second-order valence-corrected chi connectivity index (χ2v) is 3.03. The maximum absolute atomic E-state index is 5.58. The van der Waals surface area contributed by atoms with Crippen molar-refractivity contribution in [2.45, 2.75) is 6.92 Å². The van der Waals surface area contributed by atoms with Crippen molar-refractivity contribution in [1.29, 1.82) is 0 Å². The molecule has 2 N–H and O–H groups in total. The zero-order valence-corrected chi connectivity index (χ0v) is 7.20. The van der Waals surface area contributed by atoms with Crippen molar-refractivity contribution in [3.8, 4) is 0 Å². The first-order valence-corrected chi connectivity index (χ1v) is 3.86. The summed E-state index contributed by atoms with van der Waals surface area (Å²) in [6, 6.07) is 3.81. The number of rotatable bonds is 0. The number of nitrogens with zero attached hydrogens (tertiary/aromatic N) is 2. The standard InChI is InChI=1S/C9H11N3/c1-6-5-12(2)7-3-4-8(10)11-9(6)7/h3-5H,1-2H3,(H2,10,11). The van der Waals surface area contributed by atoms with Crippen LogP contribution in [0.1, 0.15) is 5.56 Å². The van der Waals surface area contributed by atoms with Crippen molar-refractivity contribution in [3.63, 3.8) is 0 Å². The zero-order valence-electron chi connectivity index (χ0n) is 7.20. The van der Waals surface area contributed by atoms with Crippen LogP contribution in [0.15, 0.2) is 18.3 Å². The molecule has 0 saturated heterocycles. The highest BCUT2D eigenvalue weighted by Crippen LogP contribution is 2.18. The lowest BCUT2D eigenvalue weighted by molar-refractivity contribution is 0.963. The van der Waals surface area contributed by atoms with Crippen LogP contribution >= 0.6 is 0 Å². The smallest absolute Gasteiger partial charge is 0.124 e. The molecule has 0 aliphatic heterocycles. The predicted octanol–water partition coefficient (Wildman–Crippen LogP) is 1.46. The number of hydrogen-bond donors (Lipinski definition) is 1. The Morgan fingerprint density at radius 1 is 1.42 bits per heavy atom. The average Bonchev–Trinajstić information content (AvgIpc) is 2.28.